The van der Waals surface area contributed by atoms with Gasteiger partial charge in [-0.2, -0.15) is 0 Å². The lowest BCUT2D eigenvalue weighted by atomic mass is 10.1. The number of ether oxygens (including phenoxy) is 1. The molecule has 1 aromatic carbocycles. The van der Waals surface area contributed by atoms with Crippen molar-refractivity contribution in [3.8, 4) is 0 Å². The van der Waals surface area contributed by atoms with Gasteiger partial charge >= 0.3 is 12.0 Å². The predicted octanol–water partition coefficient (Wildman–Crippen LogP) is 2.31. The Bertz CT molecular complexity index is 1220. The Labute approximate surface area is 194 Å². The highest BCUT2D eigenvalue weighted by molar-refractivity contribution is 7.89. The van der Waals surface area contributed by atoms with Gasteiger partial charge in [-0.3, -0.25) is 10.1 Å². The number of benzene rings is 1. The van der Waals surface area contributed by atoms with Crippen LogP contribution in [-0.2, 0) is 32.6 Å². The van der Waals surface area contributed by atoms with Crippen LogP contribution in [0.1, 0.15) is 26.6 Å². The average Bonchev–Trinajstić information content (AvgIpc) is 3.49. The number of hydrogen-bond donors (Lipinski definition) is 3. The van der Waals surface area contributed by atoms with Crippen LogP contribution in [0.25, 0.3) is 0 Å². The van der Waals surface area contributed by atoms with E-state index >= 15 is 0 Å². The Hall–Kier alpha value is -3.48. The second kappa shape index (κ2) is 10.9. The van der Waals surface area contributed by atoms with Crippen molar-refractivity contribution in [1.82, 2.24) is 15.4 Å². The molecule has 0 aliphatic heterocycles. The van der Waals surface area contributed by atoms with Gasteiger partial charge in [0.2, 0.25) is 10.0 Å². The fraction of sp³-hybridized carbons (Fsp3) is 0.190. The van der Waals surface area contributed by atoms with Crippen LogP contribution in [0.2, 0.25) is 0 Å². The molecule has 12 heteroatoms. The van der Waals surface area contributed by atoms with Crippen molar-refractivity contribution < 1.29 is 32.0 Å². The number of hydrogen-bond acceptors (Lipinski definition) is 8. The average molecular weight is 492 g/mol. The van der Waals surface area contributed by atoms with Crippen LogP contribution in [0, 0.1) is 6.92 Å². The highest BCUT2D eigenvalue weighted by Gasteiger charge is 2.20. The number of sulfonamides is 1. The summed E-state index contributed by atoms with van der Waals surface area (Å²) in [6.45, 7) is 1.09. The Morgan fingerprint density at radius 2 is 1.91 bits per heavy atom. The Balaban J connectivity index is 1.54. The van der Waals surface area contributed by atoms with Gasteiger partial charge in [-0.15, -0.1) is 11.3 Å². The van der Waals surface area contributed by atoms with Gasteiger partial charge in [0, 0.05) is 4.88 Å². The zero-order chi connectivity index (χ0) is 23.8. The molecule has 0 aliphatic rings. The number of carbonyl (C=O) groups excluding carboxylic acids is 3. The summed E-state index contributed by atoms with van der Waals surface area (Å²) < 4.78 is 37.5. The Morgan fingerprint density at radius 3 is 2.61 bits per heavy atom. The van der Waals surface area contributed by atoms with E-state index in [1.807, 2.05) is 17.5 Å². The summed E-state index contributed by atoms with van der Waals surface area (Å²) >= 11 is 1.45. The third kappa shape index (κ3) is 7.00. The molecule has 174 valence electrons. The molecule has 3 rings (SSSR count). The van der Waals surface area contributed by atoms with Crippen molar-refractivity contribution in [2.75, 3.05) is 6.61 Å². The van der Waals surface area contributed by atoms with Gasteiger partial charge in [0.1, 0.15) is 5.76 Å². The molecular weight excluding hydrogens is 470 g/mol. The van der Waals surface area contributed by atoms with Crippen LogP contribution in [-0.4, -0.2) is 32.9 Å². The Morgan fingerprint density at radius 1 is 1.09 bits per heavy atom. The van der Waals surface area contributed by atoms with Gasteiger partial charge in [-0.05, 0) is 48.2 Å². The SMILES string of the molecule is Cc1ccc(S(=O)(=O)NCc2ccco2)cc1C(=O)OCC(=O)NC(=O)NCc1cccs1. The smallest absolute Gasteiger partial charge is 0.338 e. The number of imide groups is 1. The molecule has 0 radical (unpaired) electrons. The van der Waals surface area contributed by atoms with Gasteiger partial charge in [-0.1, -0.05) is 12.1 Å². The number of urea groups is 1. The van der Waals surface area contributed by atoms with E-state index in [1.165, 1.54) is 29.7 Å². The van der Waals surface area contributed by atoms with E-state index in [9.17, 15) is 22.8 Å². The van der Waals surface area contributed by atoms with E-state index in [2.05, 4.69) is 15.4 Å². The number of rotatable bonds is 9. The standard InChI is InChI=1S/C21H21N3O7S2/c1-14-6-7-17(33(28,29)23-11-15-4-2-8-30-15)10-18(14)20(26)31-13-19(25)24-21(27)22-12-16-5-3-9-32-16/h2-10,23H,11-13H2,1H3,(H2,22,24,25,27). The summed E-state index contributed by atoms with van der Waals surface area (Å²) in [4.78, 5) is 36.8. The quantitative estimate of drug-likeness (QED) is 0.390. The fourth-order valence-electron chi connectivity index (χ4n) is 2.65. The first-order valence-corrected chi connectivity index (χ1v) is 12.0. The first-order valence-electron chi connectivity index (χ1n) is 9.64. The number of furan rings is 1. The van der Waals surface area contributed by atoms with E-state index in [1.54, 1.807) is 19.1 Å². The maximum Gasteiger partial charge on any atom is 0.338 e. The van der Waals surface area contributed by atoms with E-state index in [4.69, 9.17) is 9.15 Å². The third-order valence-electron chi connectivity index (χ3n) is 4.35. The monoisotopic (exact) mass is 491 g/mol. The van der Waals surface area contributed by atoms with E-state index in [-0.39, 0.29) is 23.5 Å². The minimum Gasteiger partial charge on any atom is -0.468 e. The molecule has 0 unspecified atom stereocenters. The lowest BCUT2D eigenvalue weighted by molar-refractivity contribution is -0.123. The number of thiophene rings is 1. The van der Waals surface area contributed by atoms with Gasteiger partial charge < -0.3 is 14.5 Å². The third-order valence-corrected chi connectivity index (χ3v) is 6.62. The van der Waals surface area contributed by atoms with Crippen molar-refractivity contribution >= 4 is 39.3 Å². The first-order chi connectivity index (χ1) is 15.7. The maximum atomic E-state index is 12.5. The lowest BCUT2D eigenvalue weighted by Gasteiger charge is -2.11. The summed E-state index contributed by atoms with van der Waals surface area (Å²) in [7, 11) is -3.93. The first kappa shape index (κ1) is 24.2. The molecule has 2 aromatic heterocycles. The minimum absolute atomic E-state index is 0.0224. The Kier molecular flexibility index (Phi) is 7.98. The van der Waals surface area contributed by atoms with Crippen molar-refractivity contribution in [3.05, 3.63) is 75.9 Å². The molecule has 0 saturated heterocycles. The van der Waals surface area contributed by atoms with Crippen LogP contribution in [0.5, 0.6) is 0 Å². The summed E-state index contributed by atoms with van der Waals surface area (Å²) in [5.41, 5.74) is 0.435. The molecule has 0 atom stereocenters. The largest absolute Gasteiger partial charge is 0.468 e. The molecule has 3 aromatic rings. The second-order valence-electron chi connectivity index (χ2n) is 6.77. The predicted molar refractivity (Wildman–Crippen MR) is 119 cm³/mol. The molecule has 0 fully saturated rings. The van der Waals surface area contributed by atoms with Crippen molar-refractivity contribution in [2.45, 2.75) is 24.9 Å². The topological polar surface area (TPSA) is 144 Å². The second-order valence-corrected chi connectivity index (χ2v) is 9.57. The maximum absolute atomic E-state index is 12.5. The van der Waals surface area contributed by atoms with Crippen molar-refractivity contribution in [3.63, 3.8) is 0 Å². The molecule has 0 spiro atoms. The summed E-state index contributed by atoms with van der Waals surface area (Å²) in [5, 5.41) is 6.42. The highest BCUT2D eigenvalue weighted by atomic mass is 32.2. The fourth-order valence-corrected chi connectivity index (χ4v) is 4.31. The lowest BCUT2D eigenvalue weighted by Crippen LogP contribution is -2.41. The molecule has 3 amide bonds. The number of aryl methyl sites for hydroxylation is 1. The van der Waals surface area contributed by atoms with Crippen LogP contribution in [0.4, 0.5) is 4.79 Å². The van der Waals surface area contributed by atoms with Gasteiger partial charge in [0.15, 0.2) is 6.61 Å². The summed E-state index contributed by atoms with van der Waals surface area (Å²) in [5.74, 6) is -1.30. The van der Waals surface area contributed by atoms with Crippen molar-refractivity contribution in [2.24, 2.45) is 0 Å². The molecule has 10 nitrogen and oxygen atoms in total. The van der Waals surface area contributed by atoms with Gasteiger partial charge in [0.25, 0.3) is 5.91 Å². The van der Waals surface area contributed by atoms with Gasteiger partial charge in [0.05, 0.1) is 29.8 Å². The molecule has 0 aliphatic carbocycles. The zero-order valence-corrected chi connectivity index (χ0v) is 19.1. The van der Waals surface area contributed by atoms with Crippen LogP contribution in [0.3, 0.4) is 0 Å². The number of carbonyl (C=O) groups is 3. The van der Waals surface area contributed by atoms with Crippen molar-refractivity contribution in [1.29, 1.82) is 0 Å². The number of nitrogens with one attached hydrogen (secondary N) is 3. The van der Waals surface area contributed by atoms with Crippen LogP contribution >= 0.6 is 11.3 Å². The highest BCUT2D eigenvalue weighted by Crippen LogP contribution is 2.17. The molecule has 0 saturated carbocycles. The number of esters is 1. The summed E-state index contributed by atoms with van der Waals surface area (Å²) in [6.07, 6.45) is 1.42. The molecule has 0 bridgehead atoms. The number of amides is 3. The van der Waals surface area contributed by atoms with Gasteiger partial charge in [-0.25, -0.2) is 22.7 Å². The van der Waals surface area contributed by atoms with E-state index in [0.717, 1.165) is 10.9 Å². The normalized spacial score (nSPS) is 11.1. The minimum atomic E-state index is -3.93. The molecular formula is C21H21N3O7S2. The molecule has 33 heavy (non-hydrogen) atoms. The van der Waals surface area contributed by atoms with Crippen LogP contribution in [0.15, 0.2) is 63.4 Å². The van der Waals surface area contributed by atoms with Crippen LogP contribution < -0.4 is 15.4 Å². The molecule has 2 heterocycles. The van der Waals surface area contributed by atoms with E-state index < -0.39 is 34.5 Å². The zero-order valence-electron chi connectivity index (χ0n) is 17.5. The summed E-state index contributed by atoms with van der Waals surface area (Å²) in [6, 6.07) is 10.2. The van der Waals surface area contributed by atoms with E-state index in [0.29, 0.717) is 11.3 Å². The molecule has 3 N–H and O–H groups in total.